The highest BCUT2D eigenvalue weighted by molar-refractivity contribution is 5.85. The summed E-state index contributed by atoms with van der Waals surface area (Å²) in [5, 5.41) is 11.7. The number of rotatable bonds is 1. The van der Waals surface area contributed by atoms with E-state index in [-0.39, 0.29) is 12.4 Å². The average Bonchev–Trinajstić information content (AvgIpc) is 2.19. The highest BCUT2D eigenvalue weighted by Gasteiger charge is 2.16. The second kappa shape index (κ2) is 5.28. The van der Waals surface area contributed by atoms with Gasteiger partial charge in [-0.2, -0.15) is 5.10 Å². The highest BCUT2D eigenvalue weighted by Crippen LogP contribution is 2.11. The van der Waals surface area contributed by atoms with Gasteiger partial charge in [-0.1, -0.05) is 0 Å². The number of aromatic nitrogens is 2. The minimum atomic E-state index is 0. The lowest BCUT2D eigenvalue weighted by atomic mass is 10.2. The molecular weight excluding hydrogens is 212 g/mol. The second-order valence-corrected chi connectivity index (χ2v) is 3.83. The summed E-state index contributed by atoms with van der Waals surface area (Å²) in [5.41, 5.74) is 0.969. The lowest BCUT2D eigenvalue weighted by molar-refractivity contribution is 0.481. The summed E-state index contributed by atoms with van der Waals surface area (Å²) in [6.07, 6.45) is 0. The average molecular weight is 229 g/mol. The molecule has 1 fully saturated rings. The van der Waals surface area contributed by atoms with E-state index in [0.717, 1.165) is 31.1 Å². The Morgan fingerprint density at radius 2 is 2.20 bits per heavy atom. The minimum absolute atomic E-state index is 0. The van der Waals surface area contributed by atoms with E-state index in [1.165, 1.54) is 0 Å². The van der Waals surface area contributed by atoms with Gasteiger partial charge in [0.2, 0.25) is 0 Å². The third-order valence-corrected chi connectivity index (χ3v) is 2.48. The van der Waals surface area contributed by atoms with Crippen molar-refractivity contribution >= 4 is 18.2 Å². The Hall–Kier alpha value is -0.870. The third kappa shape index (κ3) is 3.04. The van der Waals surface area contributed by atoms with Crippen LogP contribution in [0.25, 0.3) is 0 Å². The molecule has 2 rings (SSSR count). The van der Waals surface area contributed by atoms with Crippen molar-refractivity contribution in [1.29, 1.82) is 0 Å². The molecule has 1 aromatic heterocycles. The fraction of sp³-hybridized carbons (Fsp3) is 0.600. The number of piperazine rings is 1. The molecule has 0 radical (unpaired) electrons. The van der Waals surface area contributed by atoms with Crippen LogP contribution < -0.4 is 10.2 Å². The van der Waals surface area contributed by atoms with Gasteiger partial charge in [0.05, 0.1) is 5.69 Å². The quantitative estimate of drug-likeness (QED) is 0.779. The van der Waals surface area contributed by atoms with Crippen molar-refractivity contribution in [2.24, 2.45) is 0 Å². The predicted octanol–water partition coefficient (Wildman–Crippen LogP) is 1.00. The van der Waals surface area contributed by atoms with Crippen molar-refractivity contribution < 1.29 is 0 Å². The molecule has 2 heterocycles. The van der Waals surface area contributed by atoms with Gasteiger partial charge in [-0.15, -0.1) is 17.5 Å². The zero-order valence-corrected chi connectivity index (χ0v) is 9.92. The van der Waals surface area contributed by atoms with Gasteiger partial charge in [0.25, 0.3) is 0 Å². The van der Waals surface area contributed by atoms with Gasteiger partial charge in [-0.25, -0.2) is 0 Å². The summed E-state index contributed by atoms with van der Waals surface area (Å²) in [7, 11) is 0. The number of hydrogen-bond donors (Lipinski definition) is 1. The van der Waals surface area contributed by atoms with Crippen molar-refractivity contribution in [1.82, 2.24) is 15.5 Å². The maximum atomic E-state index is 4.18. The molecule has 0 saturated carbocycles. The summed E-state index contributed by atoms with van der Waals surface area (Å²) in [6.45, 7) is 7.20. The molecule has 1 N–H and O–H groups in total. The summed E-state index contributed by atoms with van der Waals surface area (Å²) in [6, 6.07) is 4.59. The van der Waals surface area contributed by atoms with Gasteiger partial charge in [-0.3, -0.25) is 0 Å². The van der Waals surface area contributed by atoms with Crippen LogP contribution in [0.5, 0.6) is 0 Å². The number of aryl methyl sites for hydroxylation is 1. The van der Waals surface area contributed by atoms with Crippen molar-refractivity contribution in [2.75, 3.05) is 24.5 Å². The van der Waals surface area contributed by atoms with Crippen LogP contribution in [0.4, 0.5) is 5.82 Å². The molecule has 1 aliphatic rings. The van der Waals surface area contributed by atoms with Crippen molar-refractivity contribution in [3.63, 3.8) is 0 Å². The molecule has 5 heteroatoms. The minimum Gasteiger partial charge on any atom is -0.352 e. The number of halogens is 1. The fourth-order valence-corrected chi connectivity index (χ4v) is 1.70. The zero-order valence-electron chi connectivity index (χ0n) is 9.10. The van der Waals surface area contributed by atoms with E-state index in [1.807, 2.05) is 19.1 Å². The first kappa shape index (κ1) is 12.2. The molecule has 4 nitrogen and oxygen atoms in total. The molecule has 1 atom stereocenters. The van der Waals surface area contributed by atoms with E-state index < -0.39 is 0 Å². The molecule has 0 amide bonds. The maximum absolute atomic E-state index is 4.18. The Balaban J connectivity index is 0.00000112. The summed E-state index contributed by atoms with van der Waals surface area (Å²) in [4.78, 5) is 2.27. The van der Waals surface area contributed by atoms with Crippen LogP contribution in [0, 0.1) is 6.92 Å². The van der Waals surface area contributed by atoms with Gasteiger partial charge >= 0.3 is 0 Å². The van der Waals surface area contributed by atoms with Gasteiger partial charge in [0, 0.05) is 25.7 Å². The van der Waals surface area contributed by atoms with E-state index in [1.54, 1.807) is 0 Å². The largest absolute Gasteiger partial charge is 0.352 e. The Morgan fingerprint density at radius 3 is 2.80 bits per heavy atom. The predicted molar refractivity (Wildman–Crippen MR) is 63.7 cm³/mol. The summed E-state index contributed by atoms with van der Waals surface area (Å²) < 4.78 is 0. The third-order valence-electron chi connectivity index (χ3n) is 2.48. The lowest BCUT2D eigenvalue weighted by Gasteiger charge is -2.32. The van der Waals surface area contributed by atoms with E-state index in [0.29, 0.717) is 6.04 Å². The first-order valence-electron chi connectivity index (χ1n) is 5.04. The van der Waals surface area contributed by atoms with Gasteiger partial charge in [0.15, 0.2) is 5.82 Å². The lowest BCUT2D eigenvalue weighted by Crippen LogP contribution is -2.49. The van der Waals surface area contributed by atoms with Crippen molar-refractivity contribution in [2.45, 2.75) is 19.9 Å². The smallest absolute Gasteiger partial charge is 0.151 e. The Morgan fingerprint density at radius 1 is 1.40 bits per heavy atom. The highest BCUT2D eigenvalue weighted by atomic mass is 35.5. The van der Waals surface area contributed by atoms with E-state index in [4.69, 9.17) is 0 Å². The van der Waals surface area contributed by atoms with E-state index in [2.05, 4.69) is 27.3 Å². The Bertz CT molecular complexity index is 301. The van der Waals surface area contributed by atoms with Gasteiger partial charge in [-0.05, 0) is 26.0 Å². The molecule has 0 spiro atoms. The SMILES string of the molecule is Cc1ccc(N2CCNC(C)C2)nn1.Cl. The topological polar surface area (TPSA) is 41.0 Å². The molecule has 1 unspecified atom stereocenters. The molecule has 0 aliphatic carbocycles. The molecule has 84 valence electrons. The molecular formula is C10H17ClN4. The van der Waals surface area contributed by atoms with Crippen molar-refractivity contribution in [3.8, 4) is 0 Å². The number of hydrogen-bond acceptors (Lipinski definition) is 4. The standard InChI is InChI=1S/C10H16N4.ClH/c1-8-3-4-10(13-12-8)14-6-5-11-9(2)7-14;/h3-4,9,11H,5-7H2,1-2H3;1H. The fourth-order valence-electron chi connectivity index (χ4n) is 1.70. The van der Waals surface area contributed by atoms with E-state index >= 15 is 0 Å². The van der Waals surface area contributed by atoms with Crippen LogP contribution in [-0.2, 0) is 0 Å². The normalized spacial score (nSPS) is 20.9. The van der Waals surface area contributed by atoms with Crippen LogP contribution in [0.15, 0.2) is 12.1 Å². The Labute approximate surface area is 96.5 Å². The Kier molecular flexibility index (Phi) is 4.29. The maximum Gasteiger partial charge on any atom is 0.151 e. The summed E-state index contributed by atoms with van der Waals surface area (Å²) in [5.74, 6) is 0.990. The molecule has 1 aromatic rings. The van der Waals surface area contributed by atoms with E-state index in [9.17, 15) is 0 Å². The second-order valence-electron chi connectivity index (χ2n) is 3.83. The summed E-state index contributed by atoms with van der Waals surface area (Å²) >= 11 is 0. The van der Waals surface area contributed by atoms with Crippen LogP contribution in [-0.4, -0.2) is 35.9 Å². The van der Waals surface area contributed by atoms with Crippen molar-refractivity contribution in [3.05, 3.63) is 17.8 Å². The van der Waals surface area contributed by atoms with Gasteiger partial charge < -0.3 is 10.2 Å². The number of anilines is 1. The van der Waals surface area contributed by atoms with Crippen LogP contribution in [0.1, 0.15) is 12.6 Å². The molecule has 15 heavy (non-hydrogen) atoms. The number of nitrogens with one attached hydrogen (secondary N) is 1. The molecule has 0 bridgehead atoms. The molecule has 1 aliphatic heterocycles. The van der Waals surface area contributed by atoms with Crippen LogP contribution in [0.3, 0.4) is 0 Å². The van der Waals surface area contributed by atoms with Crippen LogP contribution in [0.2, 0.25) is 0 Å². The van der Waals surface area contributed by atoms with Crippen LogP contribution >= 0.6 is 12.4 Å². The first-order valence-corrected chi connectivity index (χ1v) is 5.04. The molecule has 0 aromatic carbocycles. The monoisotopic (exact) mass is 228 g/mol. The number of nitrogens with zero attached hydrogens (tertiary/aromatic N) is 3. The zero-order chi connectivity index (χ0) is 9.97. The first-order chi connectivity index (χ1) is 6.75. The van der Waals surface area contributed by atoms with Gasteiger partial charge in [0.1, 0.15) is 0 Å². The molecule has 1 saturated heterocycles.